The van der Waals surface area contributed by atoms with Crippen molar-refractivity contribution in [2.45, 2.75) is 44.1 Å². The molecule has 1 N–H and O–H groups in total. The largest absolute Gasteiger partial charge is 0.490 e. The van der Waals surface area contributed by atoms with Crippen LogP contribution in [0.5, 0.6) is 23.0 Å². The molecular formula is C20H20F3N3O4S. The number of nitrogens with zero attached hydrogens (tertiary/aromatic N) is 2. The van der Waals surface area contributed by atoms with E-state index in [1.165, 1.54) is 23.9 Å². The van der Waals surface area contributed by atoms with Crippen LogP contribution in [0.1, 0.15) is 25.1 Å². The molecule has 166 valence electrons. The van der Waals surface area contributed by atoms with Gasteiger partial charge in [-0.1, -0.05) is 11.8 Å². The van der Waals surface area contributed by atoms with Crippen LogP contribution in [0.15, 0.2) is 23.5 Å². The molecule has 11 heteroatoms. The molecule has 1 atom stereocenters. The standard InChI is InChI=1S/C20H20F3N3O4S/c1-4-27-16-8-24-13(10(3)17(16)28-5-2)9-31-19-25-11-6-14-15(7-12(11)26-19)30-20(22,23)18(21)29-14/h6-8,18H,4-5,9H2,1-3H3,(H,25,26). The van der Waals surface area contributed by atoms with Gasteiger partial charge >= 0.3 is 12.5 Å². The number of rotatable bonds is 7. The predicted molar refractivity (Wildman–Crippen MR) is 108 cm³/mol. The highest BCUT2D eigenvalue weighted by Crippen LogP contribution is 2.42. The van der Waals surface area contributed by atoms with E-state index in [2.05, 4.69) is 24.4 Å². The fourth-order valence-electron chi connectivity index (χ4n) is 3.08. The predicted octanol–water partition coefficient (Wildman–Crippen LogP) is 5.02. The average Bonchev–Trinajstić information content (AvgIpc) is 3.11. The Balaban J connectivity index is 1.55. The minimum atomic E-state index is -4.05. The van der Waals surface area contributed by atoms with Gasteiger partial charge in [0.2, 0.25) is 0 Å². The van der Waals surface area contributed by atoms with Crippen LogP contribution in [0.4, 0.5) is 13.2 Å². The van der Waals surface area contributed by atoms with Crippen LogP contribution < -0.4 is 18.9 Å². The maximum absolute atomic E-state index is 13.4. The molecule has 4 rings (SSSR count). The van der Waals surface area contributed by atoms with Gasteiger partial charge in [-0.3, -0.25) is 4.98 Å². The molecule has 1 unspecified atom stereocenters. The second-order valence-corrected chi connectivity index (χ2v) is 7.60. The van der Waals surface area contributed by atoms with Crippen molar-refractivity contribution in [3.8, 4) is 23.0 Å². The molecule has 0 aliphatic carbocycles. The Morgan fingerprint density at radius 2 is 1.97 bits per heavy atom. The monoisotopic (exact) mass is 455 g/mol. The molecule has 0 fully saturated rings. The lowest BCUT2D eigenvalue weighted by Gasteiger charge is -2.28. The molecular weight excluding hydrogens is 435 g/mol. The summed E-state index contributed by atoms with van der Waals surface area (Å²) in [6.45, 7) is 6.69. The van der Waals surface area contributed by atoms with E-state index in [0.29, 0.717) is 46.7 Å². The summed E-state index contributed by atoms with van der Waals surface area (Å²) < 4.78 is 60.6. The fraction of sp³-hybridized carbons (Fsp3) is 0.400. The van der Waals surface area contributed by atoms with E-state index in [0.717, 1.165) is 11.3 Å². The van der Waals surface area contributed by atoms with Crippen molar-refractivity contribution in [3.63, 3.8) is 0 Å². The van der Waals surface area contributed by atoms with E-state index in [4.69, 9.17) is 9.47 Å². The number of hydrogen-bond acceptors (Lipinski definition) is 7. The van der Waals surface area contributed by atoms with Gasteiger partial charge in [-0.25, -0.2) is 4.98 Å². The van der Waals surface area contributed by atoms with E-state index in [1.807, 2.05) is 20.8 Å². The highest BCUT2D eigenvalue weighted by molar-refractivity contribution is 7.98. The highest BCUT2D eigenvalue weighted by Gasteiger charge is 2.49. The molecule has 0 amide bonds. The molecule has 7 nitrogen and oxygen atoms in total. The zero-order valence-electron chi connectivity index (χ0n) is 17.0. The van der Waals surface area contributed by atoms with Crippen LogP contribution in [0.25, 0.3) is 11.0 Å². The van der Waals surface area contributed by atoms with Crippen molar-refractivity contribution < 1.29 is 32.1 Å². The fourth-order valence-corrected chi connectivity index (χ4v) is 3.99. The summed E-state index contributed by atoms with van der Waals surface area (Å²) in [5.41, 5.74) is 2.56. The van der Waals surface area contributed by atoms with Gasteiger partial charge in [0.05, 0.1) is 36.1 Å². The van der Waals surface area contributed by atoms with Gasteiger partial charge in [0.25, 0.3) is 0 Å². The quantitative estimate of drug-likeness (QED) is 0.502. The summed E-state index contributed by atoms with van der Waals surface area (Å²) >= 11 is 1.37. The van der Waals surface area contributed by atoms with Gasteiger partial charge in [0, 0.05) is 23.4 Å². The van der Waals surface area contributed by atoms with Crippen molar-refractivity contribution in [1.82, 2.24) is 15.0 Å². The third-order valence-corrected chi connectivity index (χ3v) is 5.42. The Hall–Kier alpha value is -2.82. The van der Waals surface area contributed by atoms with Crippen molar-refractivity contribution in [3.05, 3.63) is 29.6 Å². The lowest BCUT2D eigenvalue weighted by Crippen LogP contribution is -2.43. The van der Waals surface area contributed by atoms with E-state index in [9.17, 15) is 13.2 Å². The maximum atomic E-state index is 13.4. The second kappa shape index (κ2) is 8.37. The SMILES string of the molecule is CCOc1cnc(CSc2nc3cc4c(cc3[nH]2)OC(F)(F)C(F)O4)c(C)c1OCC. The molecule has 0 radical (unpaired) electrons. The third kappa shape index (κ3) is 4.18. The average molecular weight is 455 g/mol. The smallest absolute Gasteiger partial charge is 0.468 e. The summed E-state index contributed by atoms with van der Waals surface area (Å²) in [7, 11) is 0. The first-order valence-electron chi connectivity index (χ1n) is 9.60. The van der Waals surface area contributed by atoms with E-state index in [-0.39, 0.29) is 11.5 Å². The molecule has 3 aromatic rings. The normalized spacial score (nSPS) is 17.0. The van der Waals surface area contributed by atoms with E-state index < -0.39 is 12.5 Å². The number of hydrogen-bond donors (Lipinski definition) is 1. The molecule has 3 heterocycles. The Bertz CT molecular complexity index is 1110. The zero-order valence-corrected chi connectivity index (χ0v) is 17.8. The number of imidazole rings is 1. The van der Waals surface area contributed by atoms with Gasteiger partial charge in [-0.15, -0.1) is 0 Å². The van der Waals surface area contributed by atoms with Gasteiger partial charge in [0.15, 0.2) is 28.2 Å². The number of H-pyrrole nitrogens is 1. The van der Waals surface area contributed by atoms with E-state index >= 15 is 0 Å². The first-order valence-corrected chi connectivity index (χ1v) is 10.6. The van der Waals surface area contributed by atoms with Gasteiger partial charge in [0.1, 0.15) is 0 Å². The number of fused-ring (bicyclic) bond motifs is 2. The number of aromatic amines is 1. The molecule has 0 saturated carbocycles. The number of benzene rings is 1. The lowest BCUT2D eigenvalue weighted by atomic mass is 10.2. The van der Waals surface area contributed by atoms with Crippen molar-refractivity contribution >= 4 is 22.8 Å². The summed E-state index contributed by atoms with van der Waals surface area (Å²) in [4.78, 5) is 11.9. The Morgan fingerprint density at radius 3 is 2.71 bits per heavy atom. The second-order valence-electron chi connectivity index (χ2n) is 6.63. The minimum Gasteiger partial charge on any atom is -0.490 e. The topological polar surface area (TPSA) is 78.5 Å². The number of aromatic nitrogens is 3. The summed E-state index contributed by atoms with van der Waals surface area (Å²) in [6.07, 6.45) is -5.29. The van der Waals surface area contributed by atoms with Crippen LogP contribution in [0.3, 0.4) is 0 Å². The van der Waals surface area contributed by atoms with Gasteiger partial charge in [-0.05, 0) is 20.8 Å². The van der Waals surface area contributed by atoms with Crippen molar-refractivity contribution in [1.29, 1.82) is 0 Å². The number of halogens is 3. The molecule has 0 saturated heterocycles. The molecule has 0 spiro atoms. The number of alkyl halides is 3. The number of nitrogens with one attached hydrogen (secondary N) is 1. The van der Waals surface area contributed by atoms with Crippen LogP contribution >= 0.6 is 11.8 Å². The summed E-state index contributed by atoms with van der Waals surface area (Å²) in [5.74, 6) is 1.35. The molecule has 1 aliphatic rings. The lowest BCUT2D eigenvalue weighted by molar-refractivity contribution is -0.281. The number of ether oxygens (including phenoxy) is 4. The summed E-state index contributed by atoms with van der Waals surface area (Å²) in [5, 5.41) is 0.536. The molecule has 31 heavy (non-hydrogen) atoms. The van der Waals surface area contributed by atoms with Crippen molar-refractivity contribution in [2.75, 3.05) is 13.2 Å². The molecule has 1 aliphatic heterocycles. The maximum Gasteiger partial charge on any atom is 0.468 e. The van der Waals surface area contributed by atoms with E-state index in [1.54, 1.807) is 6.20 Å². The Morgan fingerprint density at radius 1 is 1.19 bits per heavy atom. The molecule has 0 bridgehead atoms. The van der Waals surface area contributed by atoms with Crippen LogP contribution in [0, 0.1) is 6.92 Å². The summed E-state index contributed by atoms with van der Waals surface area (Å²) in [6, 6.07) is 2.68. The highest BCUT2D eigenvalue weighted by atomic mass is 32.2. The van der Waals surface area contributed by atoms with Gasteiger partial charge < -0.3 is 23.9 Å². The first kappa shape index (κ1) is 21.4. The Kier molecular flexibility index (Phi) is 5.78. The third-order valence-electron chi connectivity index (χ3n) is 4.54. The molecule has 2 aromatic heterocycles. The first-order chi connectivity index (χ1) is 14.8. The van der Waals surface area contributed by atoms with Crippen LogP contribution in [-0.4, -0.2) is 40.6 Å². The minimum absolute atomic E-state index is 0.126. The molecule has 1 aromatic carbocycles. The Labute approximate surface area is 180 Å². The van der Waals surface area contributed by atoms with Crippen molar-refractivity contribution in [2.24, 2.45) is 0 Å². The number of pyridine rings is 1. The van der Waals surface area contributed by atoms with Gasteiger partial charge in [-0.2, -0.15) is 13.2 Å². The van der Waals surface area contributed by atoms with Crippen LogP contribution in [0.2, 0.25) is 0 Å². The number of thioether (sulfide) groups is 1. The van der Waals surface area contributed by atoms with Crippen LogP contribution in [-0.2, 0) is 5.75 Å². The zero-order chi connectivity index (χ0) is 22.2.